The lowest BCUT2D eigenvalue weighted by molar-refractivity contribution is 1.48. The van der Waals surface area contributed by atoms with Gasteiger partial charge in [-0.3, -0.25) is 0 Å². The molecule has 45 heavy (non-hydrogen) atoms. The Morgan fingerprint density at radius 3 is 1.42 bits per heavy atom. The molecule has 0 saturated carbocycles. The fraction of sp³-hybridized carbons (Fsp3) is 0. The summed E-state index contributed by atoms with van der Waals surface area (Å²) in [6.45, 7) is 0. The summed E-state index contributed by atoms with van der Waals surface area (Å²) < 4.78 is 0. The molecule has 0 bridgehead atoms. The van der Waals surface area contributed by atoms with Crippen LogP contribution in [-0.2, 0) is 0 Å². The summed E-state index contributed by atoms with van der Waals surface area (Å²) in [6, 6.07) is 63.5. The van der Waals surface area contributed by atoms with Crippen LogP contribution in [0.3, 0.4) is 0 Å². The van der Waals surface area contributed by atoms with Crippen molar-refractivity contribution in [3.05, 3.63) is 181 Å². The van der Waals surface area contributed by atoms with Crippen LogP contribution in [0, 0.1) is 11.3 Å². The first-order valence-corrected chi connectivity index (χ1v) is 15.1. The van der Waals surface area contributed by atoms with Crippen LogP contribution in [0.5, 0.6) is 0 Å². The first-order chi connectivity index (χ1) is 22.2. The standard InChI is InChI=1S/C43H30N2/c44-30-31-19-21-33(22-20-31)39-14-8-16-41(29-39)45-43-18-5-4-17-42(43)40-15-7-13-38(28-40)35-25-23-34(24-26-35)37-12-6-11-36(27-37)32-9-2-1-3-10-32/h1-29,45H. The molecule has 2 heteroatoms. The van der Waals surface area contributed by atoms with E-state index in [1.165, 1.54) is 33.4 Å². The number of hydrogen-bond donors (Lipinski definition) is 1. The summed E-state index contributed by atoms with van der Waals surface area (Å²) in [4.78, 5) is 0. The Balaban J connectivity index is 1.14. The molecule has 0 spiro atoms. The molecule has 0 aromatic heterocycles. The molecule has 0 aliphatic rings. The van der Waals surface area contributed by atoms with E-state index >= 15 is 0 Å². The maximum atomic E-state index is 9.14. The second-order valence-electron chi connectivity index (χ2n) is 11.0. The van der Waals surface area contributed by atoms with Gasteiger partial charge >= 0.3 is 0 Å². The van der Waals surface area contributed by atoms with E-state index in [0.717, 1.165) is 33.6 Å². The third kappa shape index (κ3) is 6.15. The van der Waals surface area contributed by atoms with Crippen LogP contribution in [0.25, 0.3) is 55.6 Å². The number of nitriles is 1. The molecule has 7 aromatic carbocycles. The van der Waals surface area contributed by atoms with E-state index in [1.807, 2.05) is 24.3 Å². The molecular weight excluding hydrogens is 544 g/mol. The van der Waals surface area contributed by atoms with Crippen LogP contribution < -0.4 is 5.32 Å². The van der Waals surface area contributed by atoms with Gasteiger partial charge in [-0.15, -0.1) is 0 Å². The maximum absolute atomic E-state index is 9.14. The highest BCUT2D eigenvalue weighted by atomic mass is 14.9. The van der Waals surface area contributed by atoms with Gasteiger partial charge in [-0.05, 0) is 92.5 Å². The minimum Gasteiger partial charge on any atom is -0.355 e. The van der Waals surface area contributed by atoms with E-state index in [9.17, 15) is 0 Å². The van der Waals surface area contributed by atoms with Crippen LogP contribution in [0.1, 0.15) is 5.56 Å². The third-order valence-electron chi connectivity index (χ3n) is 8.11. The first kappa shape index (κ1) is 27.7. The van der Waals surface area contributed by atoms with Crippen LogP contribution in [-0.4, -0.2) is 0 Å². The summed E-state index contributed by atoms with van der Waals surface area (Å²) in [7, 11) is 0. The molecule has 0 unspecified atom stereocenters. The van der Waals surface area contributed by atoms with Crippen LogP contribution in [0.15, 0.2) is 176 Å². The zero-order valence-corrected chi connectivity index (χ0v) is 24.7. The van der Waals surface area contributed by atoms with Gasteiger partial charge in [0.05, 0.1) is 11.6 Å². The minimum atomic E-state index is 0.661. The van der Waals surface area contributed by atoms with Gasteiger partial charge in [0.25, 0.3) is 0 Å². The normalized spacial score (nSPS) is 10.6. The quantitative estimate of drug-likeness (QED) is 0.205. The van der Waals surface area contributed by atoms with E-state index in [-0.39, 0.29) is 0 Å². The van der Waals surface area contributed by atoms with Crippen LogP contribution in [0.4, 0.5) is 11.4 Å². The largest absolute Gasteiger partial charge is 0.355 e. The topological polar surface area (TPSA) is 35.8 Å². The highest BCUT2D eigenvalue weighted by molar-refractivity contribution is 5.84. The minimum absolute atomic E-state index is 0.661. The van der Waals surface area contributed by atoms with Crippen molar-refractivity contribution in [2.45, 2.75) is 0 Å². The van der Waals surface area contributed by atoms with Gasteiger partial charge in [0, 0.05) is 16.9 Å². The lowest BCUT2D eigenvalue weighted by atomic mass is 9.95. The van der Waals surface area contributed by atoms with Crippen molar-refractivity contribution >= 4 is 11.4 Å². The molecule has 0 radical (unpaired) electrons. The van der Waals surface area contributed by atoms with Crippen molar-refractivity contribution in [1.82, 2.24) is 0 Å². The monoisotopic (exact) mass is 574 g/mol. The predicted octanol–water partition coefficient (Wildman–Crippen LogP) is 11.6. The molecule has 0 saturated heterocycles. The van der Waals surface area contributed by atoms with Gasteiger partial charge in [-0.1, -0.05) is 133 Å². The van der Waals surface area contributed by atoms with Crippen LogP contribution in [0.2, 0.25) is 0 Å². The molecule has 0 atom stereocenters. The lowest BCUT2D eigenvalue weighted by Crippen LogP contribution is -1.94. The van der Waals surface area contributed by atoms with E-state index in [2.05, 4.69) is 163 Å². The van der Waals surface area contributed by atoms with Crippen molar-refractivity contribution in [2.24, 2.45) is 0 Å². The number of nitrogens with one attached hydrogen (secondary N) is 1. The molecule has 212 valence electrons. The van der Waals surface area contributed by atoms with Gasteiger partial charge in [0.15, 0.2) is 0 Å². The van der Waals surface area contributed by atoms with E-state index in [0.29, 0.717) is 5.56 Å². The molecule has 0 amide bonds. The van der Waals surface area contributed by atoms with E-state index in [4.69, 9.17) is 5.26 Å². The smallest absolute Gasteiger partial charge is 0.0991 e. The number of hydrogen-bond acceptors (Lipinski definition) is 2. The van der Waals surface area contributed by atoms with Gasteiger partial charge in [0.2, 0.25) is 0 Å². The van der Waals surface area contributed by atoms with Crippen molar-refractivity contribution in [1.29, 1.82) is 5.26 Å². The van der Waals surface area contributed by atoms with Gasteiger partial charge < -0.3 is 5.32 Å². The van der Waals surface area contributed by atoms with Crippen molar-refractivity contribution < 1.29 is 0 Å². The molecule has 7 aromatic rings. The van der Waals surface area contributed by atoms with E-state index < -0.39 is 0 Å². The summed E-state index contributed by atoms with van der Waals surface area (Å²) in [5.74, 6) is 0. The predicted molar refractivity (Wildman–Crippen MR) is 188 cm³/mol. The fourth-order valence-corrected chi connectivity index (χ4v) is 5.74. The Bertz CT molecular complexity index is 2120. The summed E-state index contributed by atoms with van der Waals surface area (Å²) >= 11 is 0. The molecule has 2 nitrogen and oxygen atoms in total. The lowest BCUT2D eigenvalue weighted by Gasteiger charge is -2.14. The third-order valence-corrected chi connectivity index (χ3v) is 8.11. The average Bonchev–Trinajstić information content (AvgIpc) is 3.12. The molecule has 0 fully saturated rings. The van der Waals surface area contributed by atoms with Gasteiger partial charge in [-0.25, -0.2) is 0 Å². The second-order valence-corrected chi connectivity index (χ2v) is 11.0. The van der Waals surface area contributed by atoms with Crippen LogP contribution >= 0.6 is 0 Å². The number of benzene rings is 7. The van der Waals surface area contributed by atoms with Gasteiger partial charge in [-0.2, -0.15) is 5.26 Å². The molecular formula is C43H30N2. The average molecular weight is 575 g/mol. The Labute approximate surface area is 264 Å². The van der Waals surface area contributed by atoms with Gasteiger partial charge in [0.1, 0.15) is 0 Å². The summed E-state index contributed by atoms with van der Waals surface area (Å²) in [5, 5.41) is 12.8. The SMILES string of the molecule is N#Cc1ccc(-c2cccc(Nc3ccccc3-c3cccc(-c4ccc(-c5cccc(-c6ccccc6)c5)cc4)c3)c2)cc1. The summed E-state index contributed by atoms with van der Waals surface area (Å²) in [6.07, 6.45) is 0. The zero-order valence-electron chi connectivity index (χ0n) is 24.7. The van der Waals surface area contributed by atoms with Crippen molar-refractivity contribution in [3.63, 3.8) is 0 Å². The molecule has 0 heterocycles. The fourth-order valence-electron chi connectivity index (χ4n) is 5.74. The molecule has 7 rings (SSSR count). The molecule has 1 N–H and O–H groups in total. The number of nitrogens with zero attached hydrogens (tertiary/aromatic N) is 1. The number of anilines is 2. The Morgan fingerprint density at radius 1 is 0.356 bits per heavy atom. The zero-order chi connectivity index (χ0) is 30.4. The maximum Gasteiger partial charge on any atom is 0.0991 e. The molecule has 0 aliphatic carbocycles. The number of para-hydroxylation sites is 1. The Kier molecular flexibility index (Phi) is 7.74. The number of rotatable bonds is 7. The first-order valence-electron chi connectivity index (χ1n) is 15.1. The Morgan fingerprint density at radius 2 is 0.800 bits per heavy atom. The highest BCUT2D eigenvalue weighted by Gasteiger charge is 2.09. The summed E-state index contributed by atoms with van der Waals surface area (Å²) in [5.41, 5.74) is 14.4. The molecule has 0 aliphatic heterocycles. The Hall–Kier alpha value is -6.17. The van der Waals surface area contributed by atoms with Crippen molar-refractivity contribution in [3.8, 4) is 61.7 Å². The second kappa shape index (κ2) is 12.6. The van der Waals surface area contributed by atoms with E-state index in [1.54, 1.807) is 0 Å². The highest BCUT2D eigenvalue weighted by Crippen LogP contribution is 2.35. The van der Waals surface area contributed by atoms with Crippen molar-refractivity contribution in [2.75, 3.05) is 5.32 Å².